The molecule has 6 nitrogen and oxygen atoms in total. The van der Waals surface area contributed by atoms with Gasteiger partial charge in [0.05, 0.1) is 0 Å². The maximum atomic E-state index is 11.8. The Kier molecular flexibility index (Phi) is 5.05. The van der Waals surface area contributed by atoms with Crippen LogP contribution in [0.3, 0.4) is 0 Å². The van der Waals surface area contributed by atoms with Crippen molar-refractivity contribution in [2.24, 2.45) is 0 Å². The minimum absolute atomic E-state index is 0.345. The molecular formula is C13H16N2O4. The van der Waals surface area contributed by atoms with E-state index in [0.717, 1.165) is 4.90 Å². The molecular weight excluding hydrogens is 248 g/mol. The Balaban J connectivity index is 2.89. The summed E-state index contributed by atoms with van der Waals surface area (Å²) in [6, 6.07) is 6.03. The van der Waals surface area contributed by atoms with Crippen molar-refractivity contribution in [1.29, 1.82) is 0 Å². The molecule has 2 N–H and O–H groups in total. The van der Waals surface area contributed by atoms with Crippen molar-refractivity contribution in [2.45, 2.75) is 25.9 Å². The Morgan fingerprint density at radius 2 is 1.84 bits per heavy atom. The van der Waals surface area contributed by atoms with Crippen molar-refractivity contribution >= 4 is 18.4 Å². The summed E-state index contributed by atoms with van der Waals surface area (Å²) in [6.45, 7) is 3.32. The van der Waals surface area contributed by atoms with Crippen molar-refractivity contribution in [1.82, 2.24) is 10.2 Å². The highest BCUT2D eigenvalue weighted by Crippen LogP contribution is 2.13. The van der Waals surface area contributed by atoms with E-state index in [9.17, 15) is 14.4 Å². The summed E-state index contributed by atoms with van der Waals surface area (Å²) in [6.07, 6.45) is 0.379. The van der Waals surface area contributed by atoms with Crippen molar-refractivity contribution in [3.8, 4) is 0 Å². The van der Waals surface area contributed by atoms with Crippen LogP contribution in [0.1, 0.15) is 25.5 Å². The van der Waals surface area contributed by atoms with Gasteiger partial charge in [0.25, 0.3) is 0 Å². The summed E-state index contributed by atoms with van der Waals surface area (Å²) < 4.78 is 0. The number of carboxylic acid groups (broad SMARTS) is 1. The van der Waals surface area contributed by atoms with Crippen LogP contribution in [0.5, 0.6) is 0 Å². The lowest BCUT2D eigenvalue weighted by molar-refractivity contribution is -0.139. The molecule has 1 rings (SSSR count). The van der Waals surface area contributed by atoms with Crippen LogP contribution in [0.4, 0.5) is 4.79 Å². The van der Waals surface area contributed by atoms with Crippen LogP contribution in [-0.2, 0) is 9.59 Å². The first-order valence-electron chi connectivity index (χ1n) is 5.79. The van der Waals surface area contributed by atoms with Crippen LogP contribution in [-0.4, -0.2) is 34.5 Å². The minimum Gasteiger partial charge on any atom is -0.479 e. The molecule has 0 fully saturated rings. The Morgan fingerprint density at radius 1 is 1.26 bits per heavy atom. The molecule has 19 heavy (non-hydrogen) atoms. The molecule has 1 aromatic rings. The van der Waals surface area contributed by atoms with Crippen molar-refractivity contribution in [3.63, 3.8) is 0 Å². The molecule has 0 spiro atoms. The van der Waals surface area contributed by atoms with Gasteiger partial charge < -0.3 is 10.4 Å². The van der Waals surface area contributed by atoms with Gasteiger partial charge in [0.2, 0.25) is 6.41 Å². The third-order valence-corrected chi connectivity index (χ3v) is 2.55. The summed E-state index contributed by atoms with van der Waals surface area (Å²) >= 11 is 0. The highest BCUT2D eigenvalue weighted by atomic mass is 16.4. The lowest BCUT2D eigenvalue weighted by Crippen LogP contribution is -2.46. The number of carbonyl (C=O) groups is 3. The molecule has 0 aliphatic rings. The lowest BCUT2D eigenvalue weighted by atomic mass is 10.1. The van der Waals surface area contributed by atoms with Gasteiger partial charge in [-0.2, -0.15) is 0 Å². The van der Waals surface area contributed by atoms with Gasteiger partial charge in [-0.05, 0) is 19.4 Å². The fraction of sp³-hybridized carbons (Fsp3) is 0.308. The van der Waals surface area contributed by atoms with Crippen molar-refractivity contribution in [2.75, 3.05) is 0 Å². The third-order valence-electron chi connectivity index (χ3n) is 2.55. The number of hydrogen-bond donors (Lipinski definition) is 2. The number of carboxylic acids is 1. The van der Waals surface area contributed by atoms with E-state index in [0.29, 0.717) is 12.0 Å². The minimum atomic E-state index is -1.19. The molecule has 0 heterocycles. The van der Waals surface area contributed by atoms with Gasteiger partial charge in [0.1, 0.15) is 0 Å². The number of urea groups is 1. The largest absolute Gasteiger partial charge is 0.479 e. The summed E-state index contributed by atoms with van der Waals surface area (Å²) in [4.78, 5) is 34.7. The highest BCUT2D eigenvalue weighted by molar-refractivity contribution is 5.89. The lowest BCUT2D eigenvalue weighted by Gasteiger charge is -2.23. The van der Waals surface area contributed by atoms with Crippen LogP contribution in [0, 0.1) is 0 Å². The molecule has 0 saturated carbocycles. The van der Waals surface area contributed by atoms with Gasteiger partial charge in [-0.15, -0.1) is 0 Å². The Morgan fingerprint density at radius 3 is 2.26 bits per heavy atom. The molecule has 1 unspecified atom stereocenters. The monoisotopic (exact) mass is 264 g/mol. The molecule has 0 radical (unpaired) electrons. The first kappa shape index (κ1) is 14.7. The zero-order valence-electron chi connectivity index (χ0n) is 10.7. The first-order valence-corrected chi connectivity index (χ1v) is 5.79. The molecule has 0 saturated heterocycles. The maximum absolute atomic E-state index is 11.8. The van der Waals surface area contributed by atoms with Gasteiger partial charge in [-0.1, -0.05) is 30.3 Å². The van der Waals surface area contributed by atoms with Crippen LogP contribution in [0.2, 0.25) is 0 Å². The number of amides is 3. The van der Waals surface area contributed by atoms with Crippen molar-refractivity contribution in [3.05, 3.63) is 35.9 Å². The average Bonchev–Trinajstić information content (AvgIpc) is 2.37. The van der Waals surface area contributed by atoms with E-state index in [1.807, 2.05) is 0 Å². The van der Waals surface area contributed by atoms with E-state index in [1.54, 1.807) is 44.2 Å². The van der Waals surface area contributed by atoms with E-state index in [2.05, 4.69) is 5.32 Å². The molecule has 1 aromatic carbocycles. The van der Waals surface area contributed by atoms with E-state index >= 15 is 0 Å². The number of nitrogens with one attached hydrogen (secondary N) is 1. The van der Waals surface area contributed by atoms with Gasteiger partial charge in [0, 0.05) is 6.04 Å². The topological polar surface area (TPSA) is 86.7 Å². The van der Waals surface area contributed by atoms with E-state index in [1.165, 1.54) is 0 Å². The van der Waals surface area contributed by atoms with Gasteiger partial charge in [-0.3, -0.25) is 9.69 Å². The second-order valence-electron chi connectivity index (χ2n) is 4.24. The molecule has 102 valence electrons. The number of imide groups is 1. The van der Waals surface area contributed by atoms with Crippen LogP contribution < -0.4 is 5.32 Å². The SMILES string of the molecule is CC(C)N(C=O)C(=O)NC(C(=O)O)c1ccccc1. The average molecular weight is 264 g/mol. The second kappa shape index (κ2) is 6.53. The van der Waals surface area contributed by atoms with E-state index in [-0.39, 0.29) is 6.04 Å². The highest BCUT2D eigenvalue weighted by Gasteiger charge is 2.25. The summed E-state index contributed by atoms with van der Waals surface area (Å²) in [5.41, 5.74) is 0.443. The van der Waals surface area contributed by atoms with E-state index in [4.69, 9.17) is 5.11 Å². The standard InChI is InChI=1S/C13H16N2O4/c1-9(2)15(8-16)13(19)14-11(12(17)18)10-6-4-3-5-7-10/h3-9,11H,1-2H3,(H,14,19)(H,17,18). The molecule has 6 heteroatoms. The molecule has 0 bridgehead atoms. The van der Waals surface area contributed by atoms with Gasteiger partial charge in [0.15, 0.2) is 6.04 Å². The maximum Gasteiger partial charge on any atom is 0.330 e. The first-order chi connectivity index (χ1) is 8.97. The van der Waals surface area contributed by atoms with Crippen molar-refractivity contribution < 1.29 is 19.5 Å². The zero-order chi connectivity index (χ0) is 14.4. The molecule has 0 aromatic heterocycles. The molecule has 0 aliphatic carbocycles. The fourth-order valence-electron chi connectivity index (χ4n) is 1.54. The normalized spacial score (nSPS) is 11.7. The number of benzene rings is 1. The number of nitrogens with zero attached hydrogens (tertiary/aromatic N) is 1. The molecule has 0 aliphatic heterocycles. The molecule has 3 amide bonds. The fourth-order valence-corrected chi connectivity index (χ4v) is 1.54. The smallest absolute Gasteiger partial charge is 0.330 e. The van der Waals surface area contributed by atoms with E-state index < -0.39 is 18.0 Å². The quantitative estimate of drug-likeness (QED) is 0.787. The van der Waals surface area contributed by atoms with Crippen LogP contribution >= 0.6 is 0 Å². The zero-order valence-corrected chi connectivity index (χ0v) is 10.7. The summed E-state index contributed by atoms with van der Waals surface area (Å²) in [5, 5.41) is 11.5. The predicted octanol–water partition coefficient (Wildman–Crippen LogP) is 1.39. The Labute approximate surface area is 111 Å². The Hall–Kier alpha value is -2.37. The third kappa shape index (κ3) is 3.80. The number of carbonyl (C=O) groups excluding carboxylic acids is 2. The second-order valence-corrected chi connectivity index (χ2v) is 4.24. The van der Waals surface area contributed by atoms with Gasteiger partial charge >= 0.3 is 12.0 Å². The van der Waals surface area contributed by atoms with Crippen LogP contribution in [0.25, 0.3) is 0 Å². The summed E-state index contributed by atoms with van der Waals surface area (Å²) in [7, 11) is 0. The Bertz CT molecular complexity index is 459. The van der Waals surface area contributed by atoms with Gasteiger partial charge in [-0.25, -0.2) is 9.59 Å². The number of rotatable bonds is 5. The number of hydrogen-bond acceptors (Lipinski definition) is 3. The predicted molar refractivity (Wildman–Crippen MR) is 68.4 cm³/mol. The summed E-state index contributed by atoms with van der Waals surface area (Å²) in [5.74, 6) is -1.19. The number of aliphatic carboxylic acids is 1. The van der Waals surface area contributed by atoms with Crippen LogP contribution in [0.15, 0.2) is 30.3 Å². The molecule has 1 atom stereocenters.